The minimum Gasteiger partial charge on any atom is -0.356 e. The summed E-state index contributed by atoms with van der Waals surface area (Å²) in [5.41, 5.74) is 4.45. The van der Waals surface area contributed by atoms with Crippen molar-refractivity contribution in [2.24, 2.45) is 0 Å². The summed E-state index contributed by atoms with van der Waals surface area (Å²) in [7, 11) is 0. The Bertz CT molecular complexity index is 909. The van der Waals surface area contributed by atoms with Crippen molar-refractivity contribution in [2.75, 3.05) is 18.0 Å². The summed E-state index contributed by atoms with van der Waals surface area (Å²) in [4.78, 5) is 6.75. The van der Waals surface area contributed by atoms with Crippen LogP contribution in [0.1, 0.15) is 41.1 Å². The van der Waals surface area contributed by atoms with Gasteiger partial charge in [-0.15, -0.1) is 0 Å². The molecule has 1 N–H and O–H groups in total. The van der Waals surface area contributed by atoms with Crippen molar-refractivity contribution in [1.82, 2.24) is 15.2 Å². The molecule has 0 saturated carbocycles. The van der Waals surface area contributed by atoms with E-state index in [4.69, 9.17) is 5.26 Å². The van der Waals surface area contributed by atoms with E-state index in [0.29, 0.717) is 11.5 Å². The lowest BCUT2D eigenvalue weighted by Gasteiger charge is -2.33. The molecule has 1 saturated heterocycles. The number of nitrogens with zero attached hydrogens (tertiary/aromatic N) is 4. The fourth-order valence-electron chi connectivity index (χ4n) is 3.71. The fraction of sp³-hybridized carbons (Fsp3) is 0.286. The van der Waals surface area contributed by atoms with Crippen LogP contribution in [-0.2, 0) is 6.42 Å². The molecule has 3 aromatic rings. The number of piperidine rings is 1. The molecular weight excluding hydrogens is 322 g/mol. The van der Waals surface area contributed by atoms with Gasteiger partial charge < -0.3 is 4.90 Å². The largest absolute Gasteiger partial charge is 0.356 e. The van der Waals surface area contributed by atoms with Crippen LogP contribution in [0.4, 0.5) is 5.82 Å². The monoisotopic (exact) mass is 343 g/mol. The molecule has 2 aromatic heterocycles. The van der Waals surface area contributed by atoms with E-state index < -0.39 is 0 Å². The van der Waals surface area contributed by atoms with Gasteiger partial charge >= 0.3 is 0 Å². The van der Waals surface area contributed by atoms with Crippen molar-refractivity contribution in [3.8, 4) is 6.07 Å². The molecule has 0 bridgehead atoms. The molecule has 1 atom stereocenters. The van der Waals surface area contributed by atoms with Gasteiger partial charge in [-0.2, -0.15) is 10.4 Å². The zero-order valence-electron chi connectivity index (χ0n) is 14.6. The van der Waals surface area contributed by atoms with Crippen LogP contribution in [-0.4, -0.2) is 28.3 Å². The number of benzene rings is 1. The summed E-state index contributed by atoms with van der Waals surface area (Å²) in [6.45, 7) is 1.87. The van der Waals surface area contributed by atoms with Crippen LogP contribution in [0, 0.1) is 11.3 Å². The smallest absolute Gasteiger partial charge is 0.129 e. The molecule has 1 aliphatic rings. The van der Waals surface area contributed by atoms with E-state index in [-0.39, 0.29) is 0 Å². The van der Waals surface area contributed by atoms with E-state index in [0.717, 1.165) is 38.2 Å². The fourth-order valence-corrected chi connectivity index (χ4v) is 3.71. The summed E-state index contributed by atoms with van der Waals surface area (Å²) in [5, 5.41) is 16.7. The van der Waals surface area contributed by atoms with E-state index in [9.17, 15) is 0 Å². The lowest BCUT2D eigenvalue weighted by molar-refractivity contribution is 0.496. The van der Waals surface area contributed by atoms with Crippen LogP contribution >= 0.6 is 0 Å². The lowest BCUT2D eigenvalue weighted by atomic mass is 9.91. The molecule has 3 heterocycles. The van der Waals surface area contributed by atoms with E-state index in [1.165, 1.54) is 16.8 Å². The summed E-state index contributed by atoms with van der Waals surface area (Å²) >= 11 is 0. The summed E-state index contributed by atoms with van der Waals surface area (Å²) in [6, 6.07) is 16.3. The standard InChI is InChI=1S/C21H21N5/c22-13-17-8-9-23-20(12-17)26-10-4-7-18(15-26)21-19(14-24-25-21)11-16-5-2-1-3-6-16/h1-3,5-6,8-9,12,14,18H,4,7,10-11,15H2,(H,24,25). The Morgan fingerprint density at radius 3 is 2.96 bits per heavy atom. The number of H-pyrrole nitrogens is 1. The van der Waals surface area contributed by atoms with Crippen LogP contribution in [0.2, 0.25) is 0 Å². The molecule has 4 rings (SSSR count). The van der Waals surface area contributed by atoms with Crippen LogP contribution in [0.25, 0.3) is 0 Å². The number of pyridine rings is 1. The maximum atomic E-state index is 9.13. The van der Waals surface area contributed by atoms with E-state index in [2.05, 4.69) is 50.4 Å². The predicted molar refractivity (Wildman–Crippen MR) is 101 cm³/mol. The second-order valence-corrected chi connectivity index (χ2v) is 6.77. The molecule has 26 heavy (non-hydrogen) atoms. The number of hydrogen-bond donors (Lipinski definition) is 1. The number of nitriles is 1. The normalized spacial score (nSPS) is 17.0. The van der Waals surface area contributed by atoms with E-state index >= 15 is 0 Å². The third kappa shape index (κ3) is 3.45. The maximum Gasteiger partial charge on any atom is 0.129 e. The first kappa shape index (κ1) is 16.3. The second kappa shape index (κ2) is 7.40. The molecule has 130 valence electrons. The molecule has 1 fully saturated rings. The Labute approximate surface area is 153 Å². The number of aromatic amines is 1. The average Bonchev–Trinajstić information content (AvgIpc) is 3.17. The lowest BCUT2D eigenvalue weighted by Crippen LogP contribution is -2.35. The SMILES string of the molecule is N#Cc1ccnc(N2CCCC(c3[nH]ncc3Cc3ccccc3)C2)c1. The molecule has 1 unspecified atom stereocenters. The summed E-state index contributed by atoms with van der Waals surface area (Å²) < 4.78 is 0. The van der Waals surface area contributed by atoms with Gasteiger partial charge in [-0.05, 0) is 36.1 Å². The Balaban J connectivity index is 1.53. The van der Waals surface area contributed by atoms with Gasteiger partial charge in [0, 0.05) is 37.3 Å². The zero-order valence-corrected chi connectivity index (χ0v) is 14.6. The molecule has 0 radical (unpaired) electrons. The quantitative estimate of drug-likeness (QED) is 0.785. The van der Waals surface area contributed by atoms with Crippen LogP contribution in [0.15, 0.2) is 54.9 Å². The number of anilines is 1. The van der Waals surface area contributed by atoms with Crippen molar-refractivity contribution in [3.63, 3.8) is 0 Å². The number of aromatic nitrogens is 3. The van der Waals surface area contributed by atoms with Gasteiger partial charge in [-0.3, -0.25) is 5.10 Å². The first-order chi connectivity index (χ1) is 12.8. The van der Waals surface area contributed by atoms with Crippen molar-refractivity contribution in [2.45, 2.75) is 25.2 Å². The molecule has 0 amide bonds. The van der Waals surface area contributed by atoms with Crippen molar-refractivity contribution in [3.05, 3.63) is 77.2 Å². The van der Waals surface area contributed by atoms with Gasteiger partial charge in [-0.25, -0.2) is 4.98 Å². The van der Waals surface area contributed by atoms with E-state index in [1.54, 1.807) is 12.3 Å². The van der Waals surface area contributed by atoms with Crippen LogP contribution < -0.4 is 4.90 Å². The summed E-state index contributed by atoms with van der Waals surface area (Å²) in [6.07, 6.45) is 6.81. The van der Waals surface area contributed by atoms with Crippen molar-refractivity contribution in [1.29, 1.82) is 5.26 Å². The Kier molecular flexibility index (Phi) is 4.65. The molecule has 5 heteroatoms. The maximum absolute atomic E-state index is 9.13. The van der Waals surface area contributed by atoms with Crippen molar-refractivity contribution < 1.29 is 0 Å². The minimum absolute atomic E-state index is 0.400. The van der Waals surface area contributed by atoms with E-state index in [1.807, 2.05) is 18.3 Å². The van der Waals surface area contributed by atoms with Crippen LogP contribution in [0.3, 0.4) is 0 Å². The molecule has 0 aliphatic carbocycles. The molecular formula is C21H21N5. The number of hydrogen-bond acceptors (Lipinski definition) is 4. The van der Waals surface area contributed by atoms with Crippen molar-refractivity contribution >= 4 is 5.82 Å². The Hall–Kier alpha value is -3.13. The molecule has 1 aliphatic heterocycles. The van der Waals surface area contributed by atoms with Gasteiger partial charge in [-0.1, -0.05) is 30.3 Å². The highest BCUT2D eigenvalue weighted by molar-refractivity contribution is 5.46. The highest BCUT2D eigenvalue weighted by atomic mass is 15.2. The Morgan fingerprint density at radius 2 is 2.12 bits per heavy atom. The van der Waals surface area contributed by atoms with Gasteiger partial charge in [0.1, 0.15) is 5.82 Å². The first-order valence-electron chi connectivity index (χ1n) is 9.00. The van der Waals surface area contributed by atoms with Gasteiger partial charge in [0.2, 0.25) is 0 Å². The first-order valence-corrected chi connectivity index (χ1v) is 9.00. The average molecular weight is 343 g/mol. The number of rotatable bonds is 4. The Morgan fingerprint density at radius 1 is 1.23 bits per heavy atom. The third-order valence-corrected chi connectivity index (χ3v) is 5.02. The van der Waals surface area contributed by atoms with Crippen LogP contribution in [0.5, 0.6) is 0 Å². The third-order valence-electron chi connectivity index (χ3n) is 5.02. The van der Waals surface area contributed by atoms with Gasteiger partial charge in [0.25, 0.3) is 0 Å². The minimum atomic E-state index is 0.400. The second-order valence-electron chi connectivity index (χ2n) is 6.77. The highest BCUT2D eigenvalue weighted by Crippen LogP contribution is 2.31. The predicted octanol–water partition coefficient (Wildman–Crippen LogP) is 3.65. The number of nitrogens with one attached hydrogen (secondary N) is 1. The highest BCUT2D eigenvalue weighted by Gasteiger charge is 2.25. The molecule has 0 spiro atoms. The van der Waals surface area contributed by atoms with Gasteiger partial charge in [0.15, 0.2) is 0 Å². The molecule has 5 nitrogen and oxygen atoms in total. The zero-order chi connectivity index (χ0) is 17.8. The topological polar surface area (TPSA) is 68.6 Å². The molecule has 1 aromatic carbocycles. The van der Waals surface area contributed by atoms with Gasteiger partial charge in [0.05, 0.1) is 17.8 Å². The summed E-state index contributed by atoms with van der Waals surface area (Å²) in [5.74, 6) is 1.29.